The summed E-state index contributed by atoms with van der Waals surface area (Å²) in [5, 5.41) is 11.8. The molecule has 1 aliphatic carbocycles. The molecular formula is C29H30ClF3NNaO. The fourth-order valence-electron chi connectivity index (χ4n) is 3.66. The fraction of sp³-hybridized carbons (Fsp3) is 0.276. The van der Waals surface area contributed by atoms with Gasteiger partial charge in [-0.15, -0.1) is 12.3 Å². The summed E-state index contributed by atoms with van der Waals surface area (Å²) in [5.41, 5.74) is 5.77. The average Bonchev–Trinajstić information content (AvgIpc) is 3.32. The first-order chi connectivity index (χ1) is 16.5. The molecule has 7 heteroatoms. The second-order valence-electron chi connectivity index (χ2n) is 8.37. The van der Waals surface area contributed by atoms with E-state index in [-0.39, 0.29) is 41.1 Å². The van der Waals surface area contributed by atoms with E-state index in [0.717, 1.165) is 47.7 Å². The van der Waals surface area contributed by atoms with Crippen LogP contribution >= 0.6 is 11.6 Å². The van der Waals surface area contributed by atoms with Gasteiger partial charge in [0.1, 0.15) is 17.5 Å². The second kappa shape index (κ2) is 15.3. The maximum Gasteiger partial charge on any atom is 1.00 e. The van der Waals surface area contributed by atoms with Crippen LogP contribution in [0.2, 0.25) is 5.02 Å². The Morgan fingerprint density at radius 2 is 1.67 bits per heavy atom. The summed E-state index contributed by atoms with van der Waals surface area (Å²) in [5.74, 6) is -1.65. The molecule has 1 aliphatic rings. The zero-order chi connectivity index (χ0) is 26.1. The van der Waals surface area contributed by atoms with Crippen molar-refractivity contribution >= 4 is 22.9 Å². The van der Waals surface area contributed by atoms with Gasteiger partial charge in [0.15, 0.2) is 0 Å². The minimum atomic E-state index is -0.503. The van der Waals surface area contributed by atoms with E-state index < -0.39 is 11.6 Å². The number of aryl methyl sites for hydroxylation is 3. The van der Waals surface area contributed by atoms with Gasteiger partial charge >= 0.3 is 29.6 Å². The molecule has 0 N–H and O–H groups in total. The van der Waals surface area contributed by atoms with E-state index in [4.69, 9.17) is 11.6 Å². The Kier molecular flexibility index (Phi) is 13.6. The number of aromatic nitrogens is 1. The van der Waals surface area contributed by atoms with Crippen molar-refractivity contribution in [1.29, 1.82) is 0 Å². The first kappa shape index (κ1) is 32.0. The van der Waals surface area contributed by atoms with Crippen molar-refractivity contribution in [2.45, 2.75) is 53.4 Å². The summed E-state index contributed by atoms with van der Waals surface area (Å²) in [4.78, 5) is 4.05. The number of halogens is 4. The molecule has 0 bridgehead atoms. The van der Waals surface area contributed by atoms with Crippen LogP contribution in [0.1, 0.15) is 59.7 Å². The molecule has 0 aliphatic heterocycles. The van der Waals surface area contributed by atoms with E-state index >= 15 is 0 Å². The molecule has 0 unspecified atom stereocenters. The third kappa shape index (κ3) is 9.78. The Labute approximate surface area is 239 Å². The minimum absolute atomic E-state index is 0. The summed E-state index contributed by atoms with van der Waals surface area (Å²) in [7, 11) is 0. The number of benzene rings is 2. The topological polar surface area (TPSA) is 36.0 Å². The van der Waals surface area contributed by atoms with E-state index in [1.54, 1.807) is 19.2 Å². The number of rotatable bonds is 3. The molecule has 0 radical (unpaired) electrons. The first-order valence-electron chi connectivity index (χ1n) is 11.4. The average molecular weight is 524 g/mol. The van der Waals surface area contributed by atoms with Gasteiger partial charge in [-0.05, 0) is 110 Å². The third-order valence-corrected chi connectivity index (χ3v) is 5.88. The molecule has 3 aromatic rings. The van der Waals surface area contributed by atoms with E-state index in [2.05, 4.69) is 17.6 Å². The van der Waals surface area contributed by atoms with Crippen LogP contribution in [-0.2, 0) is 6.42 Å². The van der Waals surface area contributed by atoms with Gasteiger partial charge < -0.3 is 5.11 Å². The molecule has 0 amide bonds. The van der Waals surface area contributed by atoms with Crippen molar-refractivity contribution in [3.8, 4) is 0 Å². The molecule has 0 saturated carbocycles. The van der Waals surface area contributed by atoms with Gasteiger partial charge in [-0.2, -0.15) is 0 Å². The van der Waals surface area contributed by atoms with E-state index in [1.807, 2.05) is 26.8 Å². The molecule has 186 valence electrons. The van der Waals surface area contributed by atoms with Crippen LogP contribution in [0.5, 0.6) is 0 Å². The Balaban J connectivity index is 0.000000276. The summed E-state index contributed by atoms with van der Waals surface area (Å²) in [6.07, 6.45) is 7.49. The van der Waals surface area contributed by atoms with Crippen LogP contribution in [0.4, 0.5) is 13.2 Å². The summed E-state index contributed by atoms with van der Waals surface area (Å²) < 4.78 is 38.6. The number of hydrogen-bond acceptors (Lipinski definition) is 2. The van der Waals surface area contributed by atoms with E-state index in [1.165, 1.54) is 18.2 Å². The first-order valence-corrected chi connectivity index (χ1v) is 11.8. The molecule has 1 aromatic heterocycles. The monoisotopic (exact) mass is 523 g/mol. The standard InChI is InChI=1S/C13H13FO.C9H10F2.C7H8ClN.Na/c1-9(15)11-6-12(8-13(14)7-11)10-4-2-3-5-10;1-3-8-6(2)4-7(10)5-9(8)11;1-5-3-7(8)4-9-6(5)2;/h4,6-8,15H,1-3,5H2;4-5H,3H2,1-2H3;3-4H,1-2H3;/q;;;+1/p-1. The quantitative estimate of drug-likeness (QED) is 0.361. The smallest absolute Gasteiger partial charge is 0.872 e. The molecule has 2 nitrogen and oxygen atoms in total. The zero-order valence-electron chi connectivity index (χ0n) is 21.5. The van der Waals surface area contributed by atoms with E-state index in [0.29, 0.717) is 28.1 Å². The minimum Gasteiger partial charge on any atom is -0.872 e. The van der Waals surface area contributed by atoms with Crippen LogP contribution < -0.4 is 34.7 Å². The van der Waals surface area contributed by atoms with Gasteiger partial charge in [-0.25, -0.2) is 13.2 Å². The van der Waals surface area contributed by atoms with Crippen molar-refractivity contribution in [3.63, 3.8) is 0 Å². The Morgan fingerprint density at radius 1 is 1.00 bits per heavy atom. The largest absolute Gasteiger partial charge is 1.00 e. The Bertz CT molecular complexity index is 1200. The van der Waals surface area contributed by atoms with Gasteiger partial charge in [0.05, 0.1) is 5.02 Å². The van der Waals surface area contributed by atoms with Crippen molar-refractivity contribution in [1.82, 2.24) is 4.98 Å². The number of nitrogens with zero attached hydrogens (tertiary/aromatic N) is 1. The maximum atomic E-state index is 13.2. The summed E-state index contributed by atoms with van der Waals surface area (Å²) in [6.45, 7) is 10.8. The predicted octanol–water partition coefficient (Wildman–Crippen LogP) is 4.92. The second-order valence-corrected chi connectivity index (χ2v) is 8.80. The van der Waals surface area contributed by atoms with E-state index in [9.17, 15) is 18.3 Å². The zero-order valence-corrected chi connectivity index (χ0v) is 24.3. The molecule has 1 heterocycles. The van der Waals surface area contributed by atoms with Crippen molar-refractivity contribution < 1.29 is 47.8 Å². The number of pyridine rings is 1. The predicted molar refractivity (Wildman–Crippen MR) is 136 cm³/mol. The molecule has 0 fully saturated rings. The molecule has 4 rings (SSSR count). The van der Waals surface area contributed by atoms with Crippen LogP contribution in [0.15, 0.2) is 55.3 Å². The van der Waals surface area contributed by atoms with Gasteiger partial charge in [0.25, 0.3) is 0 Å². The normalized spacial score (nSPS) is 11.8. The number of hydrogen-bond donors (Lipinski definition) is 0. The van der Waals surface area contributed by atoms with Crippen LogP contribution in [0, 0.1) is 38.2 Å². The molecule has 2 aromatic carbocycles. The van der Waals surface area contributed by atoms with Crippen molar-refractivity contribution in [2.75, 3.05) is 0 Å². The van der Waals surface area contributed by atoms with Crippen LogP contribution in [0.3, 0.4) is 0 Å². The van der Waals surface area contributed by atoms with Gasteiger partial charge in [-0.1, -0.05) is 24.6 Å². The van der Waals surface area contributed by atoms with Crippen molar-refractivity contribution in [3.05, 3.63) is 111 Å². The molecular weight excluding hydrogens is 494 g/mol. The van der Waals surface area contributed by atoms with Crippen LogP contribution in [-0.4, -0.2) is 4.98 Å². The summed E-state index contributed by atoms with van der Waals surface area (Å²) in [6, 6.07) is 8.60. The third-order valence-electron chi connectivity index (χ3n) is 5.67. The maximum absolute atomic E-state index is 13.2. The molecule has 0 atom stereocenters. The Hall–Kier alpha value is -2.05. The van der Waals surface area contributed by atoms with Gasteiger partial charge in [0.2, 0.25) is 0 Å². The van der Waals surface area contributed by atoms with Gasteiger partial charge in [-0.3, -0.25) is 4.98 Å². The number of allylic oxidation sites excluding steroid dienone is 2. The van der Waals surface area contributed by atoms with Crippen LogP contribution in [0.25, 0.3) is 11.3 Å². The summed E-state index contributed by atoms with van der Waals surface area (Å²) >= 11 is 5.65. The fourth-order valence-corrected chi connectivity index (χ4v) is 3.87. The SMILES string of the molecule is C=C([O-])c1cc(F)cc(C2=CCCC2)c1.CCc1c(C)cc(F)cc1F.Cc1cc(Cl)cnc1C.[Na+]. The molecule has 36 heavy (non-hydrogen) atoms. The van der Waals surface area contributed by atoms with Crippen molar-refractivity contribution in [2.24, 2.45) is 0 Å². The molecule has 0 spiro atoms. The molecule has 0 saturated heterocycles. The van der Waals surface area contributed by atoms with Gasteiger partial charge in [0, 0.05) is 18.0 Å². The Morgan fingerprint density at radius 3 is 2.17 bits per heavy atom.